The van der Waals surface area contributed by atoms with Gasteiger partial charge in [0.05, 0.1) is 13.2 Å². The molecule has 0 bridgehead atoms. The lowest BCUT2D eigenvalue weighted by Gasteiger charge is -2.25. The number of hydrogen-bond donors (Lipinski definition) is 0. The zero-order valence-corrected chi connectivity index (χ0v) is 6.95. The quantitative estimate of drug-likeness (QED) is 0.621. The van der Waals surface area contributed by atoms with E-state index in [1.54, 1.807) is 0 Å². The van der Waals surface area contributed by atoms with Crippen LogP contribution in [0.2, 0.25) is 0 Å². The van der Waals surface area contributed by atoms with Gasteiger partial charge in [0, 0.05) is 13.1 Å². The van der Waals surface area contributed by atoms with Crippen molar-refractivity contribution < 1.29 is 22.1 Å². The van der Waals surface area contributed by atoms with Crippen LogP contribution in [-0.4, -0.2) is 40.3 Å². The van der Waals surface area contributed by atoms with Gasteiger partial charge < -0.3 is 4.74 Å². The molecule has 1 fully saturated rings. The van der Waals surface area contributed by atoms with Gasteiger partial charge >= 0.3 is 5.51 Å². The van der Waals surface area contributed by atoms with Gasteiger partial charge in [-0.2, -0.15) is 13.2 Å². The van der Waals surface area contributed by atoms with Crippen LogP contribution in [0.4, 0.5) is 13.2 Å². The first-order valence-electron chi connectivity index (χ1n) is 3.33. The number of hydrogen-bond acceptors (Lipinski definition) is 2. The van der Waals surface area contributed by atoms with Crippen LogP contribution < -0.4 is 0 Å². The first-order chi connectivity index (χ1) is 5.52. The van der Waals surface area contributed by atoms with Crippen LogP contribution in [0.3, 0.4) is 0 Å². The Morgan fingerprint density at radius 2 is 1.75 bits per heavy atom. The summed E-state index contributed by atoms with van der Waals surface area (Å²) in [6.45, 7) is 0.571. The SMILES string of the molecule is O=S(N1CCOCC1)C(F)(F)F. The number of ether oxygens (including phenoxy) is 1. The van der Waals surface area contributed by atoms with E-state index >= 15 is 0 Å². The fraction of sp³-hybridized carbons (Fsp3) is 1.00. The molecule has 1 aliphatic heterocycles. The maximum atomic E-state index is 11.9. The molecule has 3 nitrogen and oxygen atoms in total. The highest BCUT2D eigenvalue weighted by Crippen LogP contribution is 2.23. The topological polar surface area (TPSA) is 29.5 Å². The molecule has 1 unspecified atom stereocenters. The molecule has 1 saturated heterocycles. The van der Waals surface area contributed by atoms with Crippen molar-refractivity contribution in [1.82, 2.24) is 4.31 Å². The summed E-state index contributed by atoms with van der Waals surface area (Å²) in [5.74, 6) is 0. The van der Waals surface area contributed by atoms with E-state index in [9.17, 15) is 17.4 Å². The molecule has 1 rings (SSSR count). The predicted molar refractivity (Wildman–Crippen MR) is 36.6 cm³/mol. The van der Waals surface area contributed by atoms with Crippen molar-refractivity contribution in [2.24, 2.45) is 0 Å². The molecule has 1 atom stereocenters. The molecule has 0 radical (unpaired) electrons. The monoisotopic (exact) mass is 203 g/mol. The van der Waals surface area contributed by atoms with Crippen LogP contribution >= 0.6 is 0 Å². The molecular weight excluding hydrogens is 195 g/mol. The molecule has 0 saturated carbocycles. The molecule has 0 aromatic rings. The van der Waals surface area contributed by atoms with Gasteiger partial charge in [0.25, 0.3) is 0 Å². The number of morpholine rings is 1. The Hall–Kier alpha value is -0.140. The van der Waals surface area contributed by atoms with E-state index in [1.807, 2.05) is 0 Å². The number of alkyl halides is 3. The van der Waals surface area contributed by atoms with Crippen molar-refractivity contribution in [3.8, 4) is 0 Å². The van der Waals surface area contributed by atoms with Gasteiger partial charge in [0.15, 0.2) is 0 Å². The van der Waals surface area contributed by atoms with Gasteiger partial charge in [-0.05, 0) is 0 Å². The second kappa shape index (κ2) is 3.71. The summed E-state index contributed by atoms with van der Waals surface area (Å²) in [5, 5.41) is 0. The third-order valence-corrected chi connectivity index (χ3v) is 2.63. The van der Waals surface area contributed by atoms with Crippen molar-refractivity contribution >= 4 is 11.0 Å². The van der Waals surface area contributed by atoms with Gasteiger partial charge in [-0.3, -0.25) is 0 Å². The normalized spacial score (nSPS) is 23.9. The van der Waals surface area contributed by atoms with Crippen LogP contribution in [0.1, 0.15) is 0 Å². The van der Waals surface area contributed by atoms with Gasteiger partial charge in [-0.1, -0.05) is 0 Å². The van der Waals surface area contributed by atoms with Crippen molar-refractivity contribution in [3.63, 3.8) is 0 Å². The Morgan fingerprint density at radius 1 is 1.25 bits per heavy atom. The summed E-state index contributed by atoms with van der Waals surface area (Å²) in [5.41, 5.74) is -4.64. The van der Waals surface area contributed by atoms with E-state index in [4.69, 9.17) is 4.74 Å². The molecule has 7 heteroatoms. The number of rotatable bonds is 1. The van der Waals surface area contributed by atoms with E-state index in [0.717, 1.165) is 4.31 Å². The molecule has 12 heavy (non-hydrogen) atoms. The number of halogens is 3. The average Bonchev–Trinajstić information content (AvgIpc) is 2.03. The molecule has 0 aromatic heterocycles. The van der Waals surface area contributed by atoms with E-state index in [2.05, 4.69) is 0 Å². The smallest absolute Gasteiger partial charge is 0.379 e. The van der Waals surface area contributed by atoms with Crippen molar-refractivity contribution in [1.29, 1.82) is 0 Å². The Kier molecular flexibility index (Phi) is 3.08. The summed E-state index contributed by atoms with van der Waals surface area (Å²) < 4.78 is 51.9. The first kappa shape index (κ1) is 9.94. The maximum Gasteiger partial charge on any atom is 0.485 e. The fourth-order valence-electron chi connectivity index (χ4n) is 0.859. The largest absolute Gasteiger partial charge is 0.485 e. The third kappa shape index (κ3) is 2.43. The van der Waals surface area contributed by atoms with Crippen molar-refractivity contribution in [2.75, 3.05) is 26.3 Å². The molecule has 1 heterocycles. The highest BCUT2D eigenvalue weighted by atomic mass is 32.2. The summed E-state index contributed by atoms with van der Waals surface area (Å²) in [4.78, 5) is 0. The summed E-state index contributed by atoms with van der Waals surface area (Å²) in [6, 6.07) is 0. The highest BCUT2D eigenvalue weighted by molar-refractivity contribution is 7.83. The van der Waals surface area contributed by atoms with Crippen LogP contribution in [-0.2, 0) is 15.7 Å². The van der Waals surface area contributed by atoms with Crippen LogP contribution in [0.15, 0.2) is 0 Å². The lowest BCUT2D eigenvalue weighted by atomic mass is 10.5. The lowest BCUT2D eigenvalue weighted by molar-refractivity contribution is -0.0454. The molecule has 0 amide bonds. The molecule has 1 aliphatic rings. The minimum atomic E-state index is -4.64. The van der Waals surface area contributed by atoms with Gasteiger partial charge in [-0.25, -0.2) is 8.51 Å². The molecule has 72 valence electrons. The zero-order chi connectivity index (χ0) is 9.19. The van der Waals surface area contributed by atoms with E-state index in [-0.39, 0.29) is 26.3 Å². The van der Waals surface area contributed by atoms with Gasteiger partial charge in [0.2, 0.25) is 11.0 Å². The Labute approximate surface area is 70.1 Å². The maximum absolute atomic E-state index is 11.9. The predicted octanol–water partition coefficient (Wildman–Crippen LogP) is 0.502. The van der Waals surface area contributed by atoms with Crippen molar-refractivity contribution in [3.05, 3.63) is 0 Å². The summed E-state index contributed by atoms with van der Waals surface area (Å²) >= 11 is 0. The third-order valence-electron chi connectivity index (χ3n) is 1.40. The standard InChI is InChI=1S/C5H8F3NO2S/c6-5(7,8)12(10)9-1-3-11-4-2-9/h1-4H2. The van der Waals surface area contributed by atoms with Gasteiger partial charge in [0.1, 0.15) is 0 Å². The summed E-state index contributed by atoms with van der Waals surface area (Å²) in [6.07, 6.45) is 0. The molecular formula is C5H8F3NO2S. The van der Waals surface area contributed by atoms with Crippen LogP contribution in [0.5, 0.6) is 0 Å². The second-order valence-electron chi connectivity index (χ2n) is 2.24. The molecule has 0 aromatic carbocycles. The Balaban J connectivity index is 2.51. The zero-order valence-electron chi connectivity index (χ0n) is 6.13. The minimum absolute atomic E-state index is 0.0755. The van der Waals surface area contributed by atoms with Crippen molar-refractivity contribution in [2.45, 2.75) is 5.51 Å². The van der Waals surface area contributed by atoms with Crippen LogP contribution in [0, 0.1) is 0 Å². The highest BCUT2D eigenvalue weighted by Gasteiger charge is 2.41. The Bertz CT molecular complexity index is 178. The first-order valence-corrected chi connectivity index (χ1v) is 4.44. The summed E-state index contributed by atoms with van der Waals surface area (Å²) in [7, 11) is -2.87. The fourth-order valence-corrected chi connectivity index (χ4v) is 1.63. The average molecular weight is 203 g/mol. The van der Waals surface area contributed by atoms with Gasteiger partial charge in [-0.15, -0.1) is 0 Å². The lowest BCUT2D eigenvalue weighted by Crippen LogP contribution is -2.42. The second-order valence-corrected chi connectivity index (χ2v) is 3.71. The van der Waals surface area contributed by atoms with E-state index < -0.39 is 16.5 Å². The van der Waals surface area contributed by atoms with E-state index in [0.29, 0.717) is 0 Å². The van der Waals surface area contributed by atoms with E-state index in [1.165, 1.54) is 0 Å². The Morgan fingerprint density at radius 3 is 2.17 bits per heavy atom. The molecule has 0 N–H and O–H groups in total. The van der Waals surface area contributed by atoms with Crippen LogP contribution in [0.25, 0.3) is 0 Å². The minimum Gasteiger partial charge on any atom is -0.379 e. The molecule has 0 spiro atoms. The molecule has 0 aliphatic carbocycles. The number of nitrogens with zero attached hydrogens (tertiary/aromatic N) is 1.